The number of rotatable bonds is 6. The summed E-state index contributed by atoms with van der Waals surface area (Å²) in [4.78, 5) is 39.3. The van der Waals surface area contributed by atoms with Crippen LogP contribution in [0.25, 0.3) is 0 Å². The molecule has 1 rings (SSSR count). The van der Waals surface area contributed by atoms with Crippen LogP contribution in [0.15, 0.2) is 0 Å². The molecule has 0 aromatic heterocycles. The molecule has 0 N–H and O–H groups in total. The number of nitrogens with zero attached hydrogens (tertiary/aromatic N) is 3. The van der Waals surface area contributed by atoms with Crippen LogP contribution in [0.1, 0.15) is 26.2 Å². The predicted octanol–water partition coefficient (Wildman–Crippen LogP) is -0.0644. The van der Waals surface area contributed by atoms with Gasteiger partial charge in [0.15, 0.2) is 0 Å². The minimum absolute atomic E-state index is 0.0682. The van der Waals surface area contributed by atoms with Crippen molar-refractivity contribution in [2.45, 2.75) is 26.2 Å². The normalized spacial score (nSPS) is 15.3. The molecule has 0 spiro atoms. The second-order valence-electron chi connectivity index (χ2n) is 4.87. The van der Waals surface area contributed by atoms with E-state index in [1.165, 1.54) is 0 Å². The average molecular weight is 269 g/mol. The Kier molecular flexibility index (Phi) is 6.32. The molecule has 0 atom stereocenters. The summed E-state index contributed by atoms with van der Waals surface area (Å²) in [7, 11) is 1.73. The van der Waals surface area contributed by atoms with Gasteiger partial charge in [0.05, 0.1) is 0 Å². The predicted molar refractivity (Wildman–Crippen MR) is 71.4 cm³/mol. The maximum absolute atomic E-state index is 12.0. The Balaban J connectivity index is 2.34. The molecule has 0 aromatic carbocycles. The molecule has 1 aliphatic heterocycles. The van der Waals surface area contributed by atoms with Crippen molar-refractivity contribution in [1.29, 1.82) is 0 Å². The van der Waals surface area contributed by atoms with Crippen molar-refractivity contribution in [2.24, 2.45) is 0 Å². The summed E-state index contributed by atoms with van der Waals surface area (Å²) in [5.41, 5.74) is 0. The van der Waals surface area contributed by atoms with Crippen LogP contribution in [0.3, 0.4) is 0 Å². The monoisotopic (exact) mass is 269 g/mol. The Morgan fingerprint density at radius 3 is 2.37 bits per heavy atom. The minimum atomic E-state index is -0.140. The van der Waals surface area contributed by atoms with E-state index in [0.717, 1.165) is 19.3 Å². The molecule has 0 bridgehead atoms. The highest BCUT2D eigenvalue weighted by molar-refractivity contribution is 5.96. The van der Waals surface area contributed by atoms with Crippen LogP contribution in [0.2, 0.25) is 0 Å². The molecular weight excluding hydrogens is 246 g/mol. The van der Waals surface area contributed by atoms with E-state index in [1.807, 2.05) is 0 Å². The summed E-state index contributed by atoms with van der Waals surface area (Å²) in [6, 6.07) is 0. The Bertz CT molecular complexity index is 325. The summed E-state index contributed by atoms with van der Waals surface area (Å²) in [6.45, 7) is 4.90. The van der Waals surface area contributed by atoms with Gasteiger partial charge in [0, 0.05) is 39.8 Å². The van der Waals surface area contributed by atoms with Gasteiger partial charge in [-0.2, -0.15) is 0 Å². The van der Waals surface area contributed by atoms with Crippen LogP contribution < -0.4 is 0 Å². The Labute approximate surface area is 114 Å². The van der Waals surface area contributed by atoms with Crippen molar-refractivity contribution < 1.29 is 14.4 Å². The van der Waals surface area contributed by atoms with E-state index < -0.39 is 0 Å². The first-order valence-corrected chi connectivity index (χ1v) is 6.79. The summed E-state index contributed by atoms with van der Waals surface area (Å²) in [5.74, 6) is -0.268. The van der Waals surface area contributed by atoms with Gasteiger partial charge in [-0.25, -0.2) is 0 Å². The van der Waals surface area contributed by atoms with Crippen LogP contribution in [0.5, 0.6) is 0 Å². The van der Waals surface area contributed by atoms with Crippen molar-refractivity contribution >= 4 is 18.2 Å². The zero-order valence-corrected chi connectivity index (χ0v) is 11.8. The number of hydrogen-bond acceptors (Lipinski definition) is 3. The first-order chi connectivity index (χ1) is 9.08. The summed E-state index contributed by atoms with van der Waals surface area (Å²) in [5, 5.41) is 0. The number of carbonyl (C=O) groups excluding carboxylic acids is 3. The first-order valence-electron chi connectivity index (χ1n) is 6.79. The van der Waals surface area contributed by atoms with Gasteiger partial charge in [-0.15, -0.1) is 0 Å². The maximum Gasteiger partial charge on any atom is 0.232 e. The van der Waals surface area contributed by atoms with Gasteiger partial charge in [0.1, 0.15) is 6.42 Å². The third kappa shape index (κ3) is 4.89. The molecule has 0 radical (unpaired) electrons. The number of amides is 3. The smallest absolute Gasteiger partial charge is 0.232 e. The number of unbranched alkanes of at least 4 members (excludes halogenated alkanes) is 1. The lowest BCUT2D eigenvalue weighted by atomic mass is 10.2. The standard InChI is InChI=1S/C13H23N3O3/c1-3-4-5-14(2)12(18)10-13(19)16-8-6-15(11-17)7-9-16/h11H,3-10H2,1-2H3. The van der Waals surface area contributed by atoms with Gasteiger partial charge < -0.3 is 14.7 Å². The molecule has 1 aliphatic rings. The lowest BCUT2D eigenvalue weighted by molar-refractivity contribution is -0.142. The van der Waals surface area contributed by atoms with Crippen LogP contribution in [-0.4, -0.2) is 72.7 Å². The van der Waals surface area contributed by atoms with E-state index in [2.05, 4.69) is 6.92 Å². The van der Waals surface area contributed by atoms with Gasteiger partial charge in [0.2, 0.25) is 18.2 Å². The molecule has 1 heterocycles. The van der Waals surface area contributed by atoms with Crippen molar-refractivity contribution in [3.8, 4) is 0 Å². The summed E-state index contributed by atoms with van der Waals surface area (Å²) >= 11 is 0. The van der Waals surface area contributed by atoms with Crippen molar-refractivity contribution in [2.75, 3.05) is 39.8 Å². The zero-order chi connectivity index (χ0) is 14.3. The topological polar surface area (TPSA) is 60.9 Å². The van der Waals surface area contributed by atoms with Gasteiger partial charge in [-0.05, 0) is 6.42 Å². The number of piperazine rings is 1. The third-order valence-corrected chi connectivity index (χ3v) is 3.39. The lowest BCUT2D eigenvalue weighted by Crippen LogP contribution is -2.49. The molecule has 1 fully saturated rings. The minimum Gasteiger partial charge on any atom is -0.345 e. The molecule has 0 saturated carbocycles. The van der Waals surface area contributed by atoms with E-state index in [1.54, 1.807) is 21.7 Å². The SMILES string of the molecule is CCCCN(C)C(=O)CC(=O)N1CCN(C=O)CC1. The van der Waals surface area contributed by atoms with Gasteiger partial charge in [0.25, 0.3) is 0 Å². The van der Waals surface area contributed by atoms with E-state index in [-0.39, 0.29) is 18.2 Å². The van der Waals surface area contributed by atoms with Crippen LogP contribution >= 0.6 is 0 Å². The van der Waals surface area contributed by atoms with Crippen LogP contribution in [-0.2, 0) is 14.4 Å². The van der Waals surface area contributed by atoms with Crippen LogP contribution in [0.4, 0.5) is 0 Å². The average Bonchev–Trinajstić information content (AvgIpc) is 2.44. The third-order valence-electron chi connectivity index (χ3n) is 3.39. The second-order valence-corrected chi connectivity index (χ2v) is 4.87. The van der Waals surface area contributed by atoms with Crippen LogP contribution in [0, 0.1) is 0 Å². The van der Waals surface area contributed by atoms with Crippen molar-refractivity contribution in [3.63, 3.8) is 0 Å². The second kappa shape index (κ2) is 7.76. The summed E-state index contributed by atoms with van der Waals surface area (Å²) in [6.07, 6.45) is 2.71. The molecule has 6 heteroatoms. The molecule has 0 aromatic rings. The maximum atomic E-state index is 12.0. The largest absolute Gasteiger partial charge is 0.345 e. The number of carbonyl (C=O) groups is 3. The summed E-state index contributed by atoms with van der Waals surface area (Å²) < 4.78 is 0. The van der Waals surface area contributed by atoms with E-state index in [4.69, 9.17) is 0 Å². The first kappa shape index (κ1) is 15.5. The van der Waals surface area contributed by atoms with Crippen molar-refractivity contribution in [3.05, 3.63) is 0 Å². The number of hydrogen-bond donors (Lipinski definition) is 0. The molecule has 108 valence electrons. The molecule has 0 aliphatic carbocycles. The zero-order valence-electron chi connectivity index (χ0n) is 11.8. The quantitative estimate of drug-likeness (QED) is 0.501. The van der Waals surface area contributed by atoms with Gasteiger partial charge in [-0.3, -0.25) is 14.4 Å². The van der Waals surface area contributed by atoms with E-state index in [0.29, 0.717) is 32.7 Å². The molecule has 1 saturated heterocycles. The fourth-order valence-corrected chi connectivity index (χ4v) is 1.97. The molecule has 6 nitrogen and oxygen atoms in total. The molecule has 19 heavy (non-hydrogen) atoms. The molecular formula is C13H23N3O3. The lowest BCUT2D eigenvalue weighted by Gasteiger charge is -2.32. The van der Waals surface area contributed by atoms with E-state index in [9.17, 15) is 14.4 Å². The highest BCUT2D eigenvalue weighted by Crippen LogP contribution is 2.04. The highest BCUT2D eigenvalue weighted by Gasteiger charge is 2.23. The fraction of sp³-hybridized carbons (Fsp3) is 0.769. The Morgan fingerprint density at radius 1 is 1.21 bits per heavy atom. The molecule has 3 amide bonds. The Hall–Kier alpha value is -1.59. The highest BCUT2D eigenvalue weighted by atomic mass is 16.2. The molecule has 0 unspecified atom stereocenters. The van der Waals surface area contributed by atoms with Gasteiger partial charge in [-0.1, -0.05) is 13.3 Å². The van der Waals surface area contributed by atoms with Crippen molar-refractivity contribution in [1.82, 2.24) is 14.7 Å². The van der Waals surface area contributed by atoms with Gasteiger partial charge >= 0.3 is 0 Å². The fourth-order valence-electron chi connectivity index (χ4n) is 1.97. The van der Waals surface area contributed by atoms with E-state index >= 15 is 0 Å². The Morgan fingerprint density at radius 2 is 1.84 bits per heavy atom.